The van der Waals surface area contributed by atoms with Gasteiger partial charge in [0, 0.05) is 11.0 Å². The zero-order valence-electron chi connectivity index (χ0n) is 11.0. The number of methoxy groups -OCH3 is 1. The third-order valence-electron chi connectivity index (χ3n) is 4.41. The molecule has 2 aliphatic carbocycles. The van der Waals surface area contributed by atoms with Crippen molar-refractivity contribution in [1.29, 1.82) is 0 Å². The standard InChI is InChI=1S/C15H17ClO3/c1-19-14-11(15(5-6-15)8-12(17)18)7-9-3-2-4-10(9)13(14)16/h7H,2-6,8H2,1H3,(H,17,18). The highest BCUT2D eigenvalue weighted by molar-refractivity contribution is 6.33. The third-order valence-corrected chi connectivity index (χ3v) is 4.81. The molecule has 0 atom stereocenters. The van der Waals surface area contributed by atoms with E-state index in [9.17, 15) is 4.79 Å². The molecular weight excluding hydrogens is 264 g/mol. The lowest BCUT2D eigenvalue weighted by atomic mass is 9.89. The average Bonchev–Trinajstić information content (AvgIpc) is 2.96. The van der Waals surface area contributed by atoms with Crippen molar-refractivity contribution >= 4 is 17.6 Å². The number of hydrogen-bond acceptors (Lipinski definition) is 2. The molecule has 0 spiro atoms. The quantitative estimate of drug-likeness (QED) is 0.920. The molecule has 0 bridgehead atoms. The van der Waals surface area contributed by atoms with E-state index in [1.54, 1.807) is 7.11 Å². The summed E-state index contributed by atoms with van der Waals surface area (Å²) in [6, 6.07) is 2.14. The molecule has 0 unspecified atom stereocenters. The van der Waals surface area contributed by atoms with Crippen molar-refractivity contribution in [1.82, 2.24) is 0 Å². The van der Waals surface area contributed by atoms with Crippen molar-refractivity contribution in [3.05, 3.63) is 27.8 Å². The zero-order valence-corrected chi connectivity index (χ0v) is 11.7. The van der Waals surface area contributed by atoms with Gasteiger partial charge >= 0.3 is 5.97 Å². The van der Waals surface area contributed by atoms with Gasteiger partial charge in [0.25, 0.3) is 0 Å². The second kappa shape index (κ2) is 4.41. The first-order chi connectivity index (χ1) is 9.07. The molecule has 19 heavy (non-hydrogen) atoms. The summed E-state index contributed by atoms with van der Waals surface area (Å²) in [5, 5.41) is 9.80. The summed E-state index contributed by atoms with van der Waals surface area (Å²) in [5.41, 5.74) is 3.22. The summed E-state index contributed by atoms with van der Waals surface area (Å²) in [4.78, 5) is 11.1. The number of aliphatic carboxylic acids is 1. The highest BCUT2D eigenvalue weighted by Gasteiger charge is 2.48. The Morgan fingerprint density at radius 2 is 2.21 bits per heavy atom. The van der Waals surface area contributed by atoms with Crippen LogP contribution in [0.1, 0.15) is 42.4 Å². The second-order valence-electron chi connectivity index (χ2n) is 5.61. The molecule has 0 saturated heterocycles. The van der Waals surface area contributed by atoms with Gasteiger partial charge < -0.3 is 9.84 Å². The van der Waals surface area contributed by atoms with Crippen LogP contribution in [0.3, 0.4) is 0 Å². The number of rotatable bonds is 4. The maximum absolute atomic E-state index is 11.1. The molecule has 3 rings (SSSR count). The molecule has 1 aromatic rings. The summed E-state index contributed by atoms with van der Waals surface area (Å²) in [6.45, 7) is 0. The van der Waals surface area contributed by atoms with E-state index in [1.807, 2.05) is 0 Å². The molecule has 0 radical (unpaired) electrons. The van der Waals surface area contributed by atoms with Gasteiger partial charge in [-0.3, -0.25) is 4.79 Å². The van der Waals surface area contributed by atoms with Crippen molar-refractivity contribution in [2.24, 2.45) is 0 Å². The fourth-order valence-electron chi connectivity index (χ4n) is 3.25. The smallest absolute Gasteiger partial charge is 0.304 e. The summed E-state index contributed by atoms with van der Waals surface area (Å²) in [7, 11) is 1.61. The number of carboxylic acids is 1. The van der Waals surface area contributed by atoms with Crippen LogP contribution in [-0.4, -0.2) is 18.2 Å². The molecule has 0 aliphatic heterocycles. The average molecular weight is 281 g/mol. The van der Waals surface area contributed by atoms with Crippen molar-refractivity contribution < 1.29 is 14.6 Å². The predicted molar refractivity (Wildman–Crippen MR) is 73.2 cm³/mol. The van der Waals surface area contributed by atoms with Crippen LogP contribution >= 0.6 is 11.6 Å². The molecule has 2 aliphatic rings. The number of carbonyl (C=O) groups is 1. The largest absolute Gasteiger partial charge is 0.495 e. The van der Waals surface area contributed by atoms with Crippen molar-refractivity contribution in [3.63, 3.8) is 0 Å². The van der Waals surface area contributed by atoms with Gasteiger partial charge in [0.1, 0.15) is 5.75 Å². The van der Waals surface area contributed by atoms with E-state index in [0.717, 1.165) is 37.7 Å². The molecule has 1 N–H and O–H groups in total. The van der Waals surface area contributed by atoms with E-state index in [2.05, 4.69) is 6.07 Å². The van der Waals surface area contributed by atoms with E-state index < -0.39 is 5.97 Å². The number of carboxylic acid groups (broad SMARTS) is 1. The van der Waals surface area contributed by atoms with Gasteiger partial charge in [0.2, 0.25) is 0 Å². The van der Waals surface area contributed by atoms with Gasteiger partial charge in [-0.15, -0.1) is 0 Å². The monoisotopic (exact) mass is 280 g/mol. The van der Waals surface area contributed by atoms with Gasteiger partial charge in [0.05, 0.1) is 18.6 Å². The van der Waals surface area contributed by atoms with Crippen LogP contribution in [-0.2, 0) is 23.1 Å². The van der Waals surface area contributed by atoms with Gasteiger partial charge in [-0.2, -0.15) is 0 Å². The summed E-state index contributed by atoms with van der Waals surface area (Å²) in [6.07, 6.45) is 5.13. The maximum Gasteiger partial charge on any atom is 0.304 e. The molecular formula is C15H17ClO3. The Labute approximate surface area is 117 Å². The van der Waals surface area contributed by atoms with Crippen LogP contribution in [0.25, 0.3) is 0 Å². The first kappa shape index (κ1) is 12.8. The van der Waals surface area contributed by atoms with Crippen LogP contribution in [0.4, 0.5) is 0 Å². The van der Waals surface area contributed by atoms with E-state index in [4.69, 9.17) is 21.4 Å². The molecule has 0 aromatic heterocycles. The van der Waals surface area contributed by atoms with Crippen molar-refractivity contribution in [2.45, 2.75) is 43.9 Å². The first-order valence-corrected chi connectivity index (χ1v) is 7.06. The summed E-state index contributed by atoms with van der Waals surface area (Å²) < 4.78 is 5.48. The molecule has 1 saturated carbocycles. The Hall–Kier alpha value is -1.22. The number of ether oxygens (including phenoxy) is 1. The maximum atomic E-state index is 11.1. The minimum atomic E-state index is -0.754. The molecule has 4 heteroatoms. The van der Waals surface area contributed by atoms with Crippen LogP contribution in [0.2, 0.25) is 5.02 Å². The van der Waals surface area contributed by atoms with Gasteiger partial charge in [-0.05, 0) is 43.2 Å². The number of benzene rings is 1. The van der Waals surface area contributed by atoms with E-state index >= 15 is 0 Å². The fourth-order valence-corrected chi connectivity index (χ4v) is 3.64. The van der Waals surface area contributed by atoms with Gasteiger partial charge in [-0.25, -0.2) is 0 Å². The minimum Gasteiger partial charge on any atom is -0.495 e. The number of hydrogen-bond donors (Lipinski definition) is 1. The normalized spacial score (nSPS) is 19.1. The molecule has 3 nitrogen and oxygen atoms in total. The topological polar surface area (TPSA) is 46.5 Å². The Bertz CT molecular complexity index is 547. The lowest BCUT2D eigenvalue weighted by Gasteiger charge is -2.20. The van der Waals surface area contributed by atoms with Crippen molar-refractivity contribution in [2.75, 3.05) is 7.11 Å². The SMILES string of the molecule is COc1c(C2(CC(=O)O)CC2)cc2c(c1Cl)CCC2. The second-order valence-corrected chi connectivity index (χ2v) is 5.99. The van der Waals surface area contributed by atoms with Gasteiger partial charge in [-0.1, -0.05) is 17.7 Å². The Kier molecular flexibility index (Phi) is 2.97. The van der Waals surface area contributed by atoms with E-state index in [-0.39, 0.29) is 11.8 Å². The lowest BCUT2D eigenvalue weighted by molar-refractivity contribution is -0.137. The molecule has 0 amide bonds. The first-order valence-electron chi connectivity index (χ1n) is 6.68. The number of aryl methyl sites for hydroxylation is 1. The Balaban J connectivity index is 2.11. The van der Waals surface area contributed by atoms with Crippen LogP contribution in [0, 0.1) is 0 Å². The zero-order chi connectivity index (χ0) is 13.6. The van der Waals surface area contributed by atoms with Crippen LogP contribution in [0.5, 0.6) is 5.75 Å². The van der Waals surface area contributed by atoms with Crippen LogP contribution in [0.15, 0.2) is 6.07 Å². The lowest BCUT2D eigenvalue weighted by Crippen LogP contribution is -2.15. The predicted octanol–water partition coefficient (Wildman–Crippen LogP) is 3.34. The summed E-state index contributed by atoms with van der Waals surface area (Å²) >= 11 is 6.46. The van der Waals surface area contributed by atoms with Gasteiger partial charge in [0.15, 0.2) is 0 Å². The highest BCUT2D eigenvalue weighted by Crippen LogP contribution is 2.56. The molecule has 1 aromatic carbocycles. The minimum absolute atomic E-state index is 0.165. The molecule has 0 heterocycles. The summed E-state index contributed by atoms with van der Waals surface area (Å²) in [5.74, 6) is -0.0581. The fraction of sp³-hybridized carbons (Fsp3) is 0.533. The van der Waals surface area contributed by atoms with E-state index in [0.29, 0.717) is 10.8 Å². The van der Waals surface area contributed by atoms with Crippen molar-refractivity contribution in [3.8, 4) is 5.75 Å². The molecule has 1 fully saturated rings. The molecule has 102 valence electrons. The third kappa shape index (κ3) is 2.00. The number of halogens is 1. The Morgan fingerprint density at radius 3 is 2.79 bits per heavy atom. The number of fused-ring (bicyclic) bond motifs is 1. The highest BCUT2D eigenvalue weighted by atomic mass is 35.5. The Morgan fingerprint density at radius 1 is 1.47 bits per heavy atom. The van der Waals surface area contributed by atoms with E-state index in [1.165, 1.54) is 11.1 Å². The van der Waals surface area contributed by atoms with Crippen LogP contribution < -0.4 is 4.74 Å².